The number of aryl methyl sites for hydroxylation is 1. The van der Waals surface area contributed by atoms with Crippen LogP contribution in [0.5, 0.6) is 5.75 Å². The summed E-state index contributed by atoms with van der Waals surface area (Å²) in [6.07, 6.45) is 2.34. The lowest BCUT2D eigenvalue weighted by Crippen LogP contribution is -2.56. The van der Waals surface area contributed by atoms with Crippen molar-refractivity contribution >= 4 is 5.97 Å². The monoisotopic (exact) mass is 295 g/mol. The Morgan fingerprint density at radius 1 is 1.57 bits per heavy atom. The van der Waals surface area contributed by atoms with E-state index >= 15 is 0 Å². The van der Waals surface area contributed by atoms with Gasteiger partial charge in [0.1, 0.15) is 23.2 Å². The fourth-order valence-electron chi connectivity index (χ4n) is 2.97. The lowest BCUT2D eigenvalue weighted by Gasteiger charge is -2.38. The Hall–Kier alpha value is -1.62. The number of hydrogen-bond acceptors (Lipinski definition) is 3. The predicted molar refractivity (Wildman–Crippen MR) is 78.1 cm³/mol. The molecule has 0 amide bonds. The summed E-state index contributed by atoms with van der Waals surface area (Å²) in [5, 5.41) is 12.6. The third-order valence-electron chi connectivity index (χ3n) is 4.07. The van der Waals surface area contributed by atoms with Gasteiger partial charge in [0, 0.05) is 12.5 Å². The number of halogens is 1. The van der Waals surface area contributed by atoms with E-state index in [4.69, 9.17) is 4.74 Å². The van der Waals surface area contributed by atoms with Gasteiger partial charge in [0.2, 0.25) is 0 Å². The van der Waals surface area contributed by atoms with Gasteiger partial charge in [0.25, 0.3) is 0 Å². The number of likely N-dealkylation sites (N-methyl/N-ethyl adjacent to an activating group) is 1. The van der Waals surface area contributed by atoms with E-state index in [1.54, 1.807) is 6.07 Å². The van der Waals surface area contributed by atoms with Crippen LogP contribution in [-0.2, 0) is 4.79 Å². The van der Waals surface area contributed by atoms with Gasteiger partial charge < -0.3 is 15.2 Å². The maximum absolute atomic E-state index is 13.3. The van der Waals surface area contributed by atoms with Crippen LogP contribution in [0.4, 0.5) is 4.39 Å². The van der Waals surface area contributed by atoms with E-state index in [-0.39, 0.29) is 11.9 Å². The van der Waals surface area contributed by atoms with Gasteiger partial charge in [-0.15, -0.1) is 0 Å². The molecule has 0 saturated heterocycles. The van der Waals surface area contributed by atoms with Crippen molar-refractivity contribution < 1.29 is 19.0 Å². The molecule has 2 N–H and O–H groups in total. The second-order valence-electron chi connectivity index (χ2n) is 5.66. The first-order valence-corrected chi connectivity index (χ1v) is 7.38. The first-order chi connectivity index (χ1) is 9.97. The number of ether oxygens (including phenoxy) is 1. The molecule has 1 fully saturated rings. The number of benzene rings is 1. The molecule has 2 atom stereocenters. The molecule has 0 spiro atoms. The third-order valence-corrected chi connectivity index (χ3v) is 4.07. The summed E-state index contributed by atoms with van der Waals surface area (Å²) < 4.78 is 19.2. The molecule has 0 aliphatic heterocycles. The average Bonchev–Trinajstić information content (AvgIpc) is 2.43. The molecule has 1 aromatic rings. The van der Waals surface area contributed by atoms with Gasteiger partial charge in [0.15, 0.2) is 0 Å². The number of carboxylic acid groups (broad SMARTS) is 1. The Morgan fingerprint density at radius 3 is 3.00 bits per heavy atom. The minimum Gasteiger partial charge on any atom is -0.490 e. The van der Waals surface area contributed by atoms with Gasteiger partial charge in [-0.25, -0.2) is 4.39 Å². The Morgan fingerprint density at radius 2 is 2.33 bits per heavy atom. The normalized spacial score (nSPS) is 25.6. The summed E-state index contributed by atoms with van der Waals surface area (Å²) in [4.78, 5) is 11.6. The second-order valence-corrected chi connectivity index (χ2v) is 5.66. The zero-order chi connectivity index (χ0) is 15.5. The van der Waals surface area contributed by atoms with Crippen molar-refractivity contribution in [1.29, 1.82) is 0 Å². The molecular weight excluding hydrogens is 273 g/mol. The maximum Gasteiger partial charge on any atom is 0.324 e. The van der Waals surface area contributed by atoms with Crippen molar-refractivity contribution in [3.05, 3.63) is 29.6 Å². The third kappa shape index (κ3) is 3.53. The number of carboxylic acids is 1. The molecule has 116 valence electrons. The molecule has 21 heavy (non-hydrogen) atoms. The Bertz CT molecular complexity index is 516. The van der Waals surface area contributed by atoms with E-state index in [0.717, 1.165) is 18.4 Å². The van der Waals surface area contributed by atoms with Gasteiger partial charge in [-0.05, 0) is 44.4 Å². The summed E-state index contributed by atoms with van der Waals surface area (Å²) in [5.74, 6) is -0.686. The summed E-state index contributed by atoms with van der Waals surface area (Å²) in [6.45, 7) is 4.34. The SMILES string of the molecule is CCNC1(C(=O)O)CCCC(Oc2cc(F)ccc2C)C1. The first kappa shape index (κ1) is 15.8. The van der Waals surface area contributed by atoms with Gasteiger partial charge in [0.05, 0.1) is 0 Å². The molecule has 5 heteroatoms. The van der Waals surface area contributed by atoms with Crippen LogP contribution in [0.2, 0.25) is 0 Å². The van der Waals surface area contributed by atoms with Crippen LogP contribution < -0.4 is 10.1 Å². The fraction of sp³-hybridized carbons (Fsp3) is 0.562. The topological polar surface area (TPSA) is 58.6 Å². The highest BCUT2D eigenvalue weighted by Crippen LogP contribution is 2.32. The number of rotatable bonds is 5. The standard InChI is InChI=1S/C16H22FNO3/c1-3-18-16(15(19)20)8-4-5-13(10-16)21-14-9-12(17)7-6-11(14)2/h6-7,9,13,18H,3-5,8,10H2,1-2H3,(H,19,20). The van der Waals surface area contributed by atoms with Crippen LogP contribution in [-0.4, -0.2) is 29.3 Å². The minimum absolute atomic E-state index is 0.214. The largest absolute Gasteiger partial charge is 0.490 e. The van der Waals surface area contributed by atoms with Crippen LogP contribution in [0.15, 0.2) is 18.2 Å². The molecular formula is C16H22FNO3. The molecule has 1 aromatic carbocycles. The zero-order valence-electron chi connectivity index (χ0n) is 12.5. The number of nitrogens with one attached hydrogen (secondary N) is 1. The molecule has 1 aliphatic rings. The van der Waals surface area contributed by atoms with E-state index in [2.05, 4.69) is 5.32 Å². The molecule has 0 radical (unpaired) electrons. The van der Waals surface area contributed by atoms with E-state index in [1.165, 1.54) is 12.1 Å². The molecule has 0 heterocycles. The Balaban J connectivity index is 2.13. The molecule has 1 saturated carbocycles. The van der Waals surface area contributed by atoms with E-state index < -0.39 is 11.5 Å². The Kier molecular flexibility index (Phi) is 4.83. The summed E-state index contributed by atoms with van der Waals surface area (Å²) in [6, 6.07) is 4.42. The van der Waals surface area contributed by atoms with Crippen LogP contribution in [0.1, 0.15) is 38.2 Å². The lowest BCUT2D eigenvalue weighted by molar-refractivity contribution is -0.147. The summed E-state index contributed by atoms with van der Waals surface area (Å²) in [7, 11) is 0. The van der Waals surface area contributed by atoms with Crippen molar-refractivity contribution in [2.24, 2.45) is 0 Å². The van der Waals surface area contributed by atoms with Gasteiger partial charge >= 0.3 is 5.97 Å². The zero-order valence-corrected chi connectivity index (χ0v) is 12.5. The smallest absolute Gasteiger partial charge is 0.324 e. The van der Waals surface area contributed by atoms with Crippen LogP contribution in [0.3, 0.4) is 0 Å². The van der Waals surface area contributed by atoms with Crippen molar-refractivity contribution in [3.63, 3.8) is 0 Å². The van der Waals surface area contributed by atoms with Crippen LogP contribution in [0.25, 0.3) is 0 Å². The highest BCUT2D eigenvalue weighted by atomic mass is 19.1. The summed E-state index contributed by atoms with van der Waals surface area (Å²) in [5.41, 5.74) is -0.0785. The van der Waals surface area contributed by atoms with Crippen LogP contribution >= 0.6 is 0 Å². The van der Waals surface area contributed by atoms with Crippen LogP contribution in [0, 0.1) is 12.7 Å². The second kappa shape index (κ2) is 6.43. The van der Waals surface area contributed by atoms with Gasteiger partial charge in [-0.2, -0.15) is 0 Å². The van der Waals surface area contributed by atoms with Crippen molar-refractivity contribution in [3.8, 4) is 5.75 Å². The highest BCUT2D eigenvalue weighted by Gasteiger charge is 2.43. The quantitative estimate of drug-likeness (QED) is 0.877. The maximum atomic E-state index is 13.3. The molecule has 2 rings (SSSR count). The number of aliphatic carboxylic acids is 1. The molecule has 0 bridgehead atoms. The Labute approximate surface area is 124 Å². The summed E-state index contributed by atoms with van der Waals surface area (Å²) >= 11 is 0. The van der Waals surface area contributed by atoms with Crippen molar-refractivity contribution in [1.82, 2.24) is 5.32 Å². The molecule has 4 nitrogen and oxygen atoms in total. The van der Waals surface area contributed by atoms with Gasteiger partial charge in [-0.3, -0.25) is 4.79 Å². The van der Waals surface area contributed by atoms with Crippen molar-refractivity contribution in [2.45, 2.75) is 51.2 Å². The predicted octanol–water partition coefficient (Wildman–Crippen LogP) is 2.89. The molecule has 0 aromatic heterocycles. The fourth-order valence-corrected chi connectivity index (χ4v) is 2.97. The first-order valence-electron chi connectivity index (χ1n) is 7.38. The average molecular weight is 295 g/mol. The van der Waals surface area contributed by atoms with E-state index in [0.29, 0.717) is 25.1 Å². The minimum atomic E-state index is -0.932. The van der Waals surface area contributed by atoms with E-state index in [9.17, 15) is 14.3 Å². The van der Waals surface area contributed by atoms with E-state index in [1.807, 2.05) is 13.8 Å². The van der Waals surface area contributed by atoms with Crippen molar-refractivity contribution in [2.75, 3.05) is 6.54 Å². The highest BCUT2D eigenvalue weighted by molar-refractivity contribution is 5.79. The molecule has 1 aliphatic carbocycles. The molecule has 2 unspecified atom stereocenters. The number of hydrogen-bond donors (Lipinski definition) is 2. The lowest BCUT2D eigenvalue weighted by atomic mass is 9.80. The van der Waals surface area contributed by atoms with Gasteiger partial charge in [-0.1, -0.05) is 13.0 Å². The number of carbonyl (C=O) groups is 1.